The van der Waals surface area contributed by atoms with E-state index < -0.39 is 27.9 Å². The second-order valence-electron chi connectivity index (χ2n) is 7.28. The van der Waals surface area contributed by atoms with Gasteiger partial charge in [-0.1, -0.05) is 6.42 Å². The summed E-state index contributed by atoms with van der Waals surface area (Å²) in [5.74, 6) is -0.910. The number of nitrogens with zero attached hydrogens (tertiary/aromatic N) is 1. The molecule has 1 unspecified atom stereocenters. The van der Waals surface area contributed by atoms with E-state index in [0.717, 1.165) is 12.8 Å². The molecule has 2 fully saturated rings. The highest BCUT2D eigenvalue weighted by molar-refractivity contribution is 7.89. The summed E-state index contributed by atoms with van der Waals surface area (Å²) < 4.78 is 32.8. The Morgan fingerprint density at radius 3 is 2.55 bits per heavy atom. The minimum Gasteiger partial charge on any atom is -0.459 e. The lowest BCUT2D eigenvalue weighted by atomic mass is 10.0. The lowest BCUT2D eigenvalue weighted by Crippen LogP contribution is -2.48. The Balaban J connectivity index is 1.57. The Kier molecular flexibility index (Phi) is 5.15. The Hall–Kier alpha value is -2.69. The van der Waals surface area contributed by atoms with Crippen molar-refractivity contribution in [2.45, 2.75) is 42.7 Å². The van der Waals surface area contributed by atoms with Crippen molar-refractivity contribution in [2.24, 2.45) is 5.92 Å². The van der Waals surface area contributed by atoms with Crippen molar-refractivity contribution < 1.29 is 27.6 Å². The van der Waals surface area contributed by atoms with Gasteiger partial charge in [-0.3, -0.25) is 14.8 Å². The lowest BCUT2D eigenvalue weighted by Gasteiger charge is -2.27. The molecule has 2 amide bonds. The molecule has 1 aromatic carbocycles. The summed E-state index contributed by atoms with van der Waals surface area (Å²) in [5.41, 5.74) is 2.00. The number of carbonyl (C=O) groups excluding carboxylic acids is 2. The Morgan fingerprint density at radius 1 is 1.14 bits per heavy atom. The molecular formula is C19H21N3O6S. The van der Waals surface area contributed by atoms with Crippen molar-refractivity contribution in [2.75, 3.05) is 5.32 Å². The van der Waals surface area contributed by atoms with E-state index in [1.807, 2.05) is 0 Å². The summed E-state index contributed by atoms with van der Waals surface area (Å²) in [4.78, 5) is 24.2. The van der Waals surface area contributed by atoms with Gasteiger partial charge >= 0.3 is 0 Å². The third-order valence-corrected chi connectivity index (χ3v) is 7.57. The number of fused-ring (bicyclic) bond motifs is 1. The Labute approximate surface area is 167 Å². The van der Waals surface area contributed by atoms with Gasteiger partial charge in [-0.2, -0.15) is 4.31 Å². The first-order chi connectivity index (χ1) is 13.9. The molecule has 29 heavy (non-hydrogen) atoms. The lowest BCUT2D eigenvalue weighted by molar-refractivity contribution is -0.132. The van der Waals surface area contributed by atoms with Gasteiger partial charge in [0.1, 0.15) is 6.04 Å². The molecule has 2 aromatic rings. The first-order valence-electron chi connectivity index (χ1n) is 9.34. The molecule has 3 atom stereocenters. The molecule has 0 radical (unpaired) electrons. The maximum atomic E-state index is 13.3. The number of hydrogen-bond donors (Lipinski definition) is 3. The van der Waals surface area contributed by atoms with Gasteiger partial charge < -0.3 is 9.73 Å². The smallest absolute Gasteiger partial charge is 0.291 e. The largest absolute Gasteiger partial charge is 0.459 e. The van der Waals surface area contributed by atoms with Crippen LogP contribution in [0.25, 0.3) is 0 Å². The number of hydroxylamine groups is 1. The molecule has 9 nitrogen and oxygen atoms in total. The van der Waals surface area contributed by atoms with Crippen LogP contribution in [0.5, 0.6) is 0 Å². The van der Waals surface area contributed by atoms with Crippen LogP contribution < -0.4 is 10.8 Å². The van der Waals surface area contributed by atoms with Crippen LogP contribution >= 0.6 is 0 Å². The maximum Gasteiger partial charge on any atom is 0.291 e. The summed E-state index contributed by atoms with van der Waals surface area (Å²) in [6, 6.07) is 7.68. The SMILES string of the molecule is O=C(Nc1ccc(S(=O)(=O)N2C(C(=O)NO)C[C@H]3CCC[C@H]32)cc1)c1ccco1. The Bertz CT molecular complexity index is 1000. The van der Waals surface area contributed by atoms with Crippen molar-refractivity contribution in [1.82, 2.24) is 9.79 Å². The van der Waals surface area contributed by atoms with Crippen molar-refractivity contribution in [3.8, 4) is 0 Å². The van der Waals surface area contributed by atoms with Gasteiger partial charge in [-0.15, -0.1) is 0 Å². The predicted octanol–water partition coefficient (Wildman–Crippen LogP) is 1.97. The van der Waals surface area contributed by atoms with E-state index in [4.69, 9.17) is 9.62 Å². The molecule has 1 aromatic heterocycles. The van der Waals surface area contributed by atoms with Gasteiger partial charge in [0.25, 0.3) is 11.8 Å². The molecule has 2 heterocycles. The summed E-state index contributed by atoms with van der Waals surface area (Å²) in [7, 11) is -3.96. The third-order valence-electron chi connectivity index (χ3n) is 5.62. The molecule has 0 bridgehead atoms. The third kappa shape index (κ3) is 3.54. The average Bonchev–Trinajstić information content (AvgIpc) is 3.44. The number of carbonyl (C=O) groups is 2. The van der Waals surface area contributed by atoms with Crippen LogP contribution in [0.15, 0.2) is 52.0 Å². The van der Waals surface area contributed by atoms with Gasteiger partial charge in [-0.05, 0) is 61.6 Å². The van der Waals surface area contributed by atoms with Crippen LogP contribution in [-0.2, 0) is 14.8 Å². The topological polar surface area (TPSA) is 129 Å². The standard InChI is InChI=1S/C19H21N3O6S/c23-18(21-25)16-11-12-3-1-4-15(12)22(16)29(26,27)14-8-6-13(7-9-14)20-19(24)17-5-2-10-28-17/h2,5-10,12,15-16,25H,1,3-4,11H2,(H,20,24)(H,21,23)/t12-,15-,16?/m1/s1. The highest BCUT2D eigenvalue weighted by Gasteiger charge is 2.52. The van der Waals surface area contributed by atoms with Gasteiger partial charge in [-0.25, -0.2) is 13.9 Å². The van der Waals surface area contributed by atoms with Crippen LogP contribution in [-0.4, -0.2) is 41.8 Å². The first-order valence-corrected chi connectivity index (χ1v) is 10.8. The summed E-state index contributed by atoms with van der Waals surface area (Å²) in [6.45, 7) is 0. The van der Waals surface area contributed by atoms with E-state index in [0.29, 0.717) is 18.5 Å². The zero-order valence-electron chi connectivity index (χ0n) is 15.4. The van der Waals surface area contributed by atoms with Gasteiger partial charge in [0.05, 0.1) is 11.2 Å². The number of amides is 2. The normalized spacial score (nSPS) is 24.2. The van der Waals surface area contributed by atoms with Crippen LogP contribution in [0.3, 0.4) is 0 Å². The summed E-state index contributed by atoms with van der Waals surface area (Å²) in [5, 5.41) is 11.7. The van der Waals surface area contributed by atoms with Crippen LogP contribution in [0, 0.1) is 5.92 Å². The number of benzene rings is 1. The fourth-order valence-electron chi connectivity index (χ4n) is 4.32. The maximum absolute atomic E-state index is 13.3. The number of rotatable bonds is 5. The van der Waals surface area contributed by atoms with Gasteiger partial charge in [0.15, 0.2) is 5.76 Å². The molecule has 0 spiro atoms. The quantitative estimate of drug-likeness (QED) is 0.502. The number of anilines is 1. The summed E-state index contributed by atoms with van der Waals surface area (Å²) >= 11 is 0. The number of furan rings is 1. The van der Waals surface area contributed by atoms with Crippen molar-refractivity contribution in [1.29, 1.82) is 0 Å². The van der Waals surface area contributed by atoms with Gasteiger partial charge in [0, 0.05) is 11.7 Å². The van der Waals surface area contributed by atoms with Crippen LogP contribution in [0.1, 0.15) is 36.2 Å². The zero-order chi connectivity index (χ0) is 20.6. The van der Waals surface area contributed by atoms with Crippen LogP contribution in [0.4, 0.5) is 5.69 Å². The Morgan fingerprint density at radius 2 is 1.90 bits per heavy atom. The fourth-order valence-corrected chi connectivity index (χ4v) is 6.20. The second kappa shape index (κ2) is 7.62. The van der Waals surface area contributed by atoms with Gasteiger partial charge in [0.2, 0.25) is 10.0 Å². The molecule has 1 saturated carbocycles. The highest BCUT2D eigenvalue weighted by Crippen LogP contribution is 2.44. The van der Waals surface area contributed by atoms with Crippen molar-refractivity contribution >= 4 is 27.5 Å². The molecule has 1 aliphatic carbocycles. The van der Waals surface area contributed by atoms with E-state index >= 15 is 0 Å². The minimum atomic E-state index is -3.96. The summed E-state index contributed by atoms with van der Waals surface area (Å²) in [6.07, 6.45) is 4.25. The molecule has 3 N–H and O–H groups in total. The molecular weight excluding hydrogens is 398 g/mol. The van der Waals surface area contributed by atoms with E-state index in [1.54, 1.807) is 11.5 Å². The monoisotopic (exact) mass is 419 g/mol. The molecule has 10 heteroatoms. The molecule has 1 saturated heterocycles. The zero-order valence-corrected chi connectivity index (χ0v) is 16.3. The van der Waals surface area contributed by atoms with E-state index in [1.165, 1.54) is 40.9 Å². The molecule has 2 aliphatic rings. The van der Waals surface area contributed by atoms with Crippen LogP contribution in [0.2, 0.25) is 0 Å². The fraction of sp³-hybridized carbons (Fsp3) is 0.368. The van der Waals surface area contributed by atoms with Crippen molar-refractivity contribution in [3.05, 3.63) is 48.4 Å². The minimum absolute atomic E-state index is 0.0248. The predicted molar refractivity (Wildman–Crippen MR) is 102 cm³/mol. The number of sulfonamides is 1. The second-order valence-corrected chi connectivity index (χ2v) is 9.12. The highest BCUT2D eigenvalue weighted by atomic mass is 32.2. The van der Waals surface area contributed by atoms with E-state index in [-0.39, 0.29) is 22.6 Å². The molecule has 1 aliphatic heterocycles. The average molecular weight is 419 g/mol. The van der Waals surface area contributed by atoms with Crippen molar-refractivity contribution in [3.63, 3.8) is 0 Å². The molecule has 154 valence electrons. The van der Waals surface area contributed by atoms with E-state index in [2.05, 4.69) is 5.32 Å². The number of nitrogens with one attached hydrogen (secondary N) is 2. The number of hydrogen-bond acceptors (Lipinski definition) is 6. The molecule has 4 rings (SSSR count). The first kappa shape index (κ1) is 19.6. The van der Waals surface area contributed by atoms with E-state index in [9.17, 15) is 18.0 Å².